The van der Waals surface area contributed by atoms with E-state index in [0.29, 0.717) is 0 Å². The van der Waals surface area contributed by atoms with Crippen LogP contribution < -0.4 is 30.5 Å². The molecule has 12 aromatic carbocycles. The van der Waals surface area contributed by atoms with Gasteiger partial charge in [-0.25, -0.2) is 0 Å². The second-order valence-electron chi connectivity index (χ2n) is 20.2. The van der Waals surface area contributed by atoms with Crippen molar-refractivity contribution in [2.24, 2.45) is 0 Å². The summed E-state index contributed by atoms with van der Waals surface area (Å²) in [4.78, 5) is 4.65. The summed E-state index contributed by atoms with van der Waals surface area (Å²) in [7, 11) is -0.730. The molecule has 13 aromatic rings. The number of benzene rings is 12. The number of furan rings is 1. The van der Waals surface area contributed by atoms with Gasteiger partial charge in [0.1, 0.15) is 11.2 Å². The second kappa shape index (κ2) is 20.8. The molecule has 78 heavy (non-hydrogen) atoms. The molecule has 3 nitrogen and oxygen atoms in total. The van der Waals surface area contributed by atoms with Crippen LogP contribution in [0.1, 0.15) is 5.56 Å². The fraction of sp³-hybridized carbons (Fsp3) is 0.0270. The lowest BCUT2D eigenvalue weighted by Gasteiger charge is -2.35. The molecule has 0 aliphatic heterocycles. The largest absolute Gasteiger partial charge is 0.456 e. The van der Waals surface area contributed by atoms with E-state index in [1.54, 1.807) is 0 Å². The number of anilines is 5. The first kappa shape index (κ1) is 47.9. The molecule has 0 amide bonds. The van der Waals surface area contributed by atoms with Crippen LogP contribution in [0.5, 0.6) is 0 Å². The lowest BCUT2D eigenvalue weighted by atomic mass is 10.0. The average Bonchev–Trinajstić information content (AvgIpc) is 4.00. The molecule has 0 unspecified atom stereocenters. The van der Waals surface area contributed by atoms with E-state index >= 15 is 0 Å². The number of hydrogen-bond donors (Lipinski definition) is 0. The van der Waals surface area contributed by atoms with Gasteiger partial charge in [-0.2, -0.15) is 0 Å². The Morgan fingerprint density at radius 1 is 0.269 bits per heavy atom. The fourth-order valence-electron chi connectivity index (χ4n) is 11.4. The maximum absolute atomic E-state index is 6.58. The Kier molecular flexibility index (Phi) is 12.8. The highest BCUT2D eigenvalue weighted by Crippen LogP contribution is 2.39. The molecular weight excluding hydrogens is 961 g/mol. The molecule has 1 heterocycles. The van der Waals surface area contributed by atoms with Gasteiger partial charge < -0.3 is 14.2 Å². The van der Waals surface area contributed by atoms with Gasteiger partial charge >= 0.3 is 0 Å². The van der Waals surface area contributed by atoms with Crippen molar-refractivity contribution in [3.63, 3.8) is 0 Å². The van der Waals surface area contributed by atoms with Gasteiger partial charge in [0.2, 0.25) is 0 Å². The Morgan fingerprint density at radius 2 is 0.551 bits per heavy atom. The van der Waals surface area contributed by atoms with Gasteiger partial charge in [0.25, 0.3) is 0 Å². The van der Waals surface area contributed by atoms with E-state index in [9.17, 15) is 0 Å². The Morgan fingerprint density at radius 3 is 0.949 bits per heavy atom. The highest BCUT2D eigenvalue weighted by atomic mass is 28.3. The van der Waals surface area contributed by atoms with Crippen LogP contribution in [0.3, 0.4) is 0 Å². The van der Waals surface area contributed by atoms with Crippen molar-refractivity contribution >= 4 is 79.2 Å². The first-order valence-electron chi connectivity index (χ1n) is 26.8. The lowest BCUT2D eigenvalue weighted by Crippen LogP contribution is -2.74. The van der Waals surface area contributed by atoms with Crippen LogP contribution in [-0.4, -0.2) is 15.1 Å². The summed E-state index contributed by atoms with van der Waals surface area (Å²) in [6.45, 7) is 2.12. The van der Waals surface area contributed by atoms with E-state index in [1.807, 2.05) is 0 Å². The van der Waals surface area contributed by atoms with Gasteiger partial charge in [-0.3, -0.25) is 0 Å². The van der Waals surface area contributed by atoms with Gasteiger partial charge in [0, 0.05) is 46.3 Å². The molecule has 0 saturated carbocycles. The minimum Gasteiger partial charge on any atom is -0.456 e. The van der Waals surface area contributed by atoms with Gasteiger partial charge in [0.05, 0.1) is 0 Å². The molecule has 4 heteroatoms. The van der Waals surface area contributed by atoms with Crippen molar-refractivity contribution in [3.05, 3.63) is 309 Å². The summed E-state index contributed by atoms with van der Waals surface area (Å²) >= 11 is 0. The van der Waals surface area contributed by atoms with Crippen LogP contribution >= 0.6 is 0 Å². The summed E-state index contributed by atoms with van der Waals surface area (Å²) in [5.41, 5.74) is 17.9. The first-order valence-corrected chi connectivity index (χ1v) is 28.8. The molecule has 372 valence electrons. The molecule has 0 saturated heterocycles. The first-order chi connectivity index (χ1) is 38.5. The summed E-state index contributed by atoms with van der Waals surface area (Å²) < 4.78 is 6.58. The molecule has 0 spiro atoms. The topological polar surface area (TPSA) is 19.6 Å². The van der Waals surface area contributed by atoms with E-state index in [2.05, 4.69) is 327 Å². The van der Waals surface area contributed by atoms with E-state index in [4.69, 9.17) is 4.42 Å². The maximum Gasteiger partial charge on any atom is 0.179 e. The van der Waals surface area contributed by atoms with Crippen LogP contribution in [0.2, 0.25) is 0 Å². The number of aryl methyl sites for hydroxylation is 1. The molecule has 0 bridgehead atoms. The SMILES string of the molecule is Cc1ccc(-c2ccc3c(c2)oc2cc(-c4ccc(N(c5ccc(-c6ccccc6)cc5)c5ccc([Si](c6ccccc6)(c6ccccc6)c6ccc(N(C)c7ccc(-c8ccccc8)cc7)cc6)cc5)cc4)ccc23)cc1. The van der Waals surface area contributed by atoms with Crippen molar-refractivity contribution in [1.29, 1.82) is 0 Å². The molecule has 13 rings (SSSR count). The van der Waals surface area contributed by atoms with Gasteiger partial charge in [0.15, 0.2) is 8.07 Å². The lowest BCUT2D eigenvalue weighted by molar-refractivity contribution is 0.669. The smallest absolute Gasteiger partial charge is 0.179 e. The summed E-state index contributed by atoms with van der Waals surface area (Å²) in [5, 5.41) is 7.53. The summed E-state index contributed by atoms with van der Waals surface area (Å²) in [5.74, 6) is 0. The predicted octanol–water partition coefficient (Wildman–Crippen LogP) is 17.2. The zero-order valence-electron chi connectivity index (χ0n) is 43.7. The Labute approximate surface area is 458 Å². The number of hydrogen-bond acceptors (Lipinski definition) is 3. The van der Waals surface area contributed by atoms with Gasteiger partial charge in [-0.1, -0.05) is 224 Å². The zero-order valence-corrected chi connectivity index (χ0v) is 44.7. The third kappa shape index (κ3) is 9.08. The Balaban J connectivity index is 0.867. The van der Waals surface area contributed by atoms with Crippen molar-refractivity contribution in [2.75, 3.05) is 16.8 Å². The van der Waals surface area contributed by atoms with Crippen molar-refractivity contribution in [3.8, 4) is 44.5 Å². The van der Waals surface area contributed by atoms with E-state index in [1.165, 1.54) is 54.1 Å². The summed E-state index contributed by atoms with van der Waals surface area (Å²) in [6.07, 6.45) is 0. The molecule has 0 radical (unpaired) electrons. The normalized spacial score (nSPS) is 11.5. The van der Waals surface area contributed by atoms with Crippen LogP contribution in [0.4, 0.5) is 28.4 Å². The molecule has 0 aliphatic carbocycles. The Bertz CT molecular complexity index is 4100. The highest BCUT2D eigenvalue weighted by Gasteiger charge is 2.41. The zero-order chi connectivity index (χ0) is 52.4. The standard InChI is InChI=1S/C74H56N2OSi/c1-53-23-25-58(26-24-53)60-33-49-71-72-50-34-61(52-74(72)77-73(71)51-60)59-31-39-65(40-32-59)76(64-37-29-57(30-38-64)55-17-9-4-10-18-55)66-43-47-70(48-44-66)78(67-19-11-5-12-20-67,68-21-13-6-14-22-68)69-45-41-63(42-46-69)75(2)62-35-27-56(28-36-62)54-15-7-3-8-16-54/h3-52H,1-2H3. The molecular formula is C74H56N2OSi. The molecule has 0 N–H and O–H groups in total. The maximum atomic E-state index is 6.58. The van der Waals surface area contributed by atoms with Crippen molar-refractivity contribution in [1.82, 2.24) is 0 Å². The minimum absolute atomic E-state index is 0.881. The van der Waals surface area contributed by atoms with Gasteiger partial charge in [-0.15, -0.1) is 0 Å². The van der Waals surface area contributed by atoms with Crippen molar-refractivity contribution in [2.45, 2.75) is 6.92 Å². The number of rotatable bonds is 13. The molecule has 0 aliphatic rings. The molecule has 1 aromatic heterocycles. The predicted molar refractivity (Wildman–Crippen MR) is 333 cm³/mol. The van der Waals surface area contributed by atoms with Crippen LogP contribution in [0, 0.1) is 6.92 Å². The van der Waals surface area contributed by atoms with Crippen LogP contribution in [0.15, 0.2) is 308 Å². The number of nitrogens with zero attached hydrogens (tertiary/aromatic N) is 2. The van der Waals surface area contributed by atoms with E-state index in [0.717, 1.165) is 67.1 Å². The van der Waals surface area contributed by atoms with E-state index in [-0.39, 0.29) is 0 Å². The number of fused-ring (bicyclic) bond motifs is 3. The monoisotopic (exact) mass is 1020 g/mol. The third-order valence-corrected chi connectivity index (χ3v) is 20.4. The Hall–Kier alpha value is -9.74. The van der Waals surface area contributed by atoms with Crippen molar-refractivity contribution < 1.29 is 4.42 Å². The van der Waals surface area contributed by atoms with Crippen LogP contribution in [-0.2, 0) is 0 Å². The molecule has 0 atom stereocenters. The highest BCUT2D eigenvalue weighted by molar-refractivity contribution is 7.19. The fourth-order valence-corrected chi connectivity index (χ4v) is 16.1. The molecule has 0 fully saturated rings. The average molecular weight is 1020 g/mol. The van der Waals surface area contributed by atoms with Gasteiger partial charge in [-0.05, 0) is 157 Å². The third-order valence-electron chi connectivity index (χ3n) is 15.6. The quantitative estimate of drug-likeness (QED) is 0.0848. The summed E-state index contributed by atoms with van der Waals surface area (Å²) in [6, 6.07) is 111. The minimum atomic E-state index is -2.88. The van der Waals surface area contributed by atoms with E-state index < -0.39 is 8.07 Å². The second-order valence-corrected chi connectivity index (χ2v) is 24.0. The van der Waals surface area contributed by atoms with Crippen LogP contribution in [0.25, 0.3) is 66.4 Å².